The monoisotopic (exact) mass is 241 g/mol. The molecule has 0 aromatic rings. The molecule has 0 rings (SSSR count). The van der Waals surface area contributed by atoms with E-state index in [-0.39, 0.29) is 0 Å². The van der Waals surface area contributed by atoms with Gasteiger partial charge in [0.2, 0.25) is 0 Å². The van der Waals surface area contributed by atoms with Crippen LogP contribution in [-0.2, 0) is 21.3 Å². The Labute approximate surface area is 39.2 Å². The van der Waals surface area contributed by atoms with Gasteiger partial charge in [0.1, 0.15) is 0 Å². The molecule has 1 nitrogen and oxygen atoms in total. The first-order valence-corrected chi connectivity index (χ1v) is 2.00. The normalized spacial score (nSPS) is 9.25. The second-order valence-corrected chi connectivity index (χ2v) is 2.65. The van der Waals surface area contributed by atoms with Crippen LogP contribution in [0.15, 0.2) is 0 Å². The van der Waals surface area contributed by atoms with E-state index >= 15 is 0 Å². The van der Waals surface area contributed by atoms with Gasteiger partial charge in [0.15, 0.2) is 0 Å². The first-order chi connectivity index (χ1) is 1.73. The van der Waals surface area contributed by atoms with Gasteiger partial charge in [-0.15, -0.1) is 0 Å². The number of hydrogen-bond donors (Lipinski definition) is 0. The SMILES string of the molecule is C[N](C)[Au]. The average molecular weight is 241 g/mol. The van der Waals surface area contributed by atoms with Crippen LogP contribution in [0.5, 0.6) is 0 Å². The summed E-state index contributed by atoms with van der Waals surface area (Å²) in [6, 6.07) is 0. The summed E-state index contributed by atoms with van der Waals surface area (Å²) in [6.45, 7) is 0. The number of hydrogen-bond acceptors (Lipinski definition) is 1. The van der Waals surface area contributed by atoms with Crippen LogP contribution >= 0.6 is 0 Å². The molecule has 0 aliphatic heterocycles. The summed E-state index contributed by atoms with van der Waals surface area (Å²) >= 11 is 2.33. The third-order valence-corrected chi connectivity index (χ3v) is 0. The molecule has 0 N–H and O–H groups in total. The molecule has 30 valence electrons. The second kappa shape index (κ2) is 1.97. The first-order valence-electron chi connectivity index (χ1n) is 1.03. The average Bonchev–Trinajstić information content (AvgIpc) is 0.811. The molecule has 0 saturated heterocycles. The van der Waals surface area contributed by atoms with Crippen LogP contribution in [0.2, 0.25) is 0 Å². The molecule has 0 aliphatic carbocycles. The minimum absolute atomic E-state index is 1.94. The number of nitrogens with zero attached hydrogens (tertiary/aromatic N) is 1. The van der Waals surface area contributed by atoms with E-state index in [1.54, 1.807) is 0 Å². The van der Waals surface area contributed by atoms with E-state index in [0.29, 0.717) is 0 Å². The van der Waals surface area contributed by atoms with Crippen molar-refractivity contribution in [3.05, 3.63) is 0 Å². The van der Waals surface area contributed by atoms with Crippen molar-refractivity contribution in [2.45, 2.75) is 0 Å². The summed E-state index contributed by atoms with van der Waals surface area (Å²) in [6.07, 6.45) is 0. The molecule has 0 unspecified atom stereocenters. The predicted molar refractivity (Wildman–Crippen MR) is 13.7 cm³/mol. The van der Waals surface area contributed by atoms with Crippen molar-refractivity contribution < 1.29 is 21.3 Å². The van der Waals surface area contributed by atoms with Gasteiger partial charge in [-0.05, 0) is 0 Å². The van der Waals surface area contributed by atoms with Crippen LogP contribution in [0.3, 0.4) is 0 Å². The van der Waals surface area contributed by atoms with Gasteiger partial charge < -0.3 is 0 Å². The number of rotatable bonds is 0. The summed E-state index contributed by atoms with van der Waals surface area (Å²) in [4.78, 5) is 0. The molecule has 0 fully saturated rings. The molecule has 2 heteroatoms. The summed E-state index contributed by atoms with van der Waals surface area (Å²) in [5.41, 5.74) is 0. The van der Waals surface area contributed by atoms with Crippen molar-refractivity contribution in [1.29, 1.82) is 0 Å². The van der Waals surface area contributed by atoms with Gasteiger partial charge in [-0.25, -0.2) is 0 Å². The summed E-state index contributed by atoms with van der Waals surface area (Å²) in [7, 11) is 3.95. The minimum atomic E-state index is 1.94. The molecule has 0 aliphatic rings. The van der Waals surface area contributed by atoms with Crippen LogP contribution in [0.1, 0.15) is 0 Å². The van der Waals surface area contributed by atoms with Gasteiger partial charge in [-0.1, -0.05) is 0 Å². The van der Waals surface area contributed by atoms with Gasteiger partial charge in [-0.3, -0.25) is 0 Å². The van der Waals surface area contributed by atoms with Crippen molar-refractivity contribution in [2.75, 3.05) is 14.1 Å². The summed E-state index contributed by atoms with van der Waals surface area (Å²) in [5, 5.41) is 0. The van der Waals surface area contributed by atoms with Crippen molar-refractivity contribution in [2.24, 2.45) is 0 Å². The van der Waals surface area contributed by atoms with E-state index in [4.69, 9.17) is 0 Å². The Morgan fingerprint density at radius 2 is 1.50 bits per heavy atom. The Morgan fingerprint density at radius 3 is 1.50 bits per heavy atom. The molecule has 0 radical (unpaired) electrons. The molecule has 0 aromatic heterocycles. The van der Waals surface area contributed by atoms with Crippen LogP contribution < -0.4 is 0 Å². The molecule has 0 spiro atoms. The maximum atomic E-state index is 2.33. The van der Waals surface area contributed by atoms with Crippen LogP contribution in [-0.4, -0.2) is 17.4 Å². The molecule has 0 heterocycles. The van der Waals surface area contributed by atoms with Crippen LogP contribution in [0.25, 0.3) is 0 Å². The molecular weight excluding hydrogens is 235 g/mol. The van der Waals surface area contributed by atoms with Gasteiger partial charge in [-0.2, -0.15) is 0 Å². The van der Waals surface area contributed by atoms with Gasteiger partial charge in [0.25, 0.3) is 0 Å². The van der Waals surface area contributed by atoms with E-state index in [1.807, 2.05) is 17.4 Å². The third-order valence-electron chi connectivity index (χ3n) is 0. The van der Waals surface area contributed by atoms with Crippen LogP contribution in [0.4, 0.5) is 0 Å². The Balaban J connectivity index is 2.32. The van der Waals surface area contributed by atoms with E-state index in [0.717, 1.165) is 0 Å². The zero-order valence-electron chi connectivity index (χ0n) is 2.75. The fourth-order valence-corrected chi connectivity index (χ4v) is 0. The van der Waals surface area contributed by atoms with Gasteiger partial charge in [0.05, 0.1) is 0 Å². The Kier molecular flexibility index (Phi) is 2.32. The standard InChI is InChI=1S/C2H6N.Au/c1-3-2;/h1-2H3;/q-1;+1. The Morgan fingerprint density at radius 1 is 1.50 bits per heavy atom. The zero-order chi connectivity index (χ0) is 3.58. The van der Waals surface area contributed by atoms with E-state index in [9.17, 15) is 0 Å². The zero-order valence-corrected chi connectivity index (χ0v) is 4.92. The summed E-state index contributed by atoms with van der Waals surface area (Å²) < 4.78 is 1.94. The van der Waals surface area contributed by atoms with Crippen molar-refractivity contribution in [1.82, 2.24) is 3.30 Å². The Hall–Kier alpha value is 0.700. The summed E-state index contributed by atoms with van der Waals surface area (Å²) in [5.74, 6) is 0. The van der Waals surface area contributed by atoms with Crippen molar-refractivity contribution >= 4 is 0 Å². The quantitative estimate of drug-likeness (QED) is 0.540. The molecule has 0 aromatic carbocycles. The van der Waals surface area contributed by atoms with Gasteiger partial charge in [0, 0.05) is 0 Å². The molecule has 0 saturated carbocycles. The molecule has 4 heavy (non-hydrogen) atoms. The Bertz CT molecular complexity index is 10.8. The molecule has 0 bridgehead atoms. The fourth-order valence-electron chi connectivity index (χ4n) is 0. The van der Waals surface area contributed by atoms with E-state index < -0.39 is 0 Å². The van der Waals surface area contributed by atoms with Crippen molar-refractivity contribution in [3.8, 4) is 0 Å². The van der Waals surface area contributed by atoms with E-state index in [2.05, 4.69) is 21.3 Å². The second-order valence-electron chi connectivity index (χ2n) is 0.717. The molecule has 0 amide bonds. The van der Waals surface area contributed by atoms with E-state index in [1.165, 1.54) is 0 Å². The van der Waals surface area contributed by atoms with Gasteiger partial charge >= 0.3 is 38.7 Å². The fraction of sp³-hybridized carbons (Fsp3) is 1.00. The third kappa shape index (κ3) is 15.9. The first kappa shape index (κ1) is 4.70. The maximum absolute atomic E-state index is 2.33. The predicted octanol–water partition coefficient (Wildman–Crippen LogP) is 0.00980. The van der Waals surface area contributed by atoms with Crippen molar-refractivity contribution in [3.63, 3.8) is 0 Å². The topological polar surface area (TPSA) is 3.24 Å². The molecule has 0 atom stereocenters. The molecular formula is C2H6AuN. The van der Waals surface area contributed by atoms with Crippen LogP contribution in [0, 0.1) is 0 Å².